The number of pyridine rings is 1. The summed E-state index contributed by atoms with van der Waals surface area (Å²) >= 11 is 0. The van der Waals surface area contributed by atoms with Crippen molar-refractivity contribution in [3.05, 3.63) is 58.9 Å². The van der Waals surface area contributed by atoms with Crippen LogP contribution in [0.3, 0.4) is 0 Å². The van der Waals surface area contributed by atoms with Crippen LogP contribution in [0.5, 0.6) is 0 Å². The summed E-state index contributed by atoms with van der Waals surface area (Å²) < 4.78 is 0. The summed E-state index contributed by atoms with van der Waals surface area (Å²) in [5.74, 6) is -1.54. The lowest BCUT2D eigenvalue weighted by Gasteiger charge is -2.12. The van der Waals surface area contributed by atoms with Gasteiger partial charge in [-0.25, -0.2) is 4.79 Å². The summed E-state index contributed by atoms with van der Waals surface area (Å²) in [5.41, 5.74) is 1.98. The molecule has 0 unspecified atom stereocenters. The van der Waals surface area contributed by atoms with Crippen molar-refractivity contribution >= 4 is 17.6 Å². The van der Waals surface area contributed by atoms with Gasteiger partial charge in [-0.15, -0.1) is 0 Å². The predicted molar refractivity (Wildman–Crippen MR) is 75.1 cm³/mol. The van der Waals surface area contributed by atoms with Crippen molar-refractivity contribution in [1.29, 1.82) is 0 Å². The number of carbonyl (C=O) groups is 2. The number of aromatic nitrogens is 1. The second kappa shape index (κ2) is 5.52. The fourth-order valence-corrected chi connectivity index (χ4v) is 2.01. The molecule has 0 bridgehead atoms. The predicted octanol–water partition coefficient (Wildman–Crippen LogP) is 2.65. The molecule has 1 aromatic carbocycles. The number of nitrogens with zero attached hydrogens (tertiary/aromatic N) is 1. The lowest BCUT2D eigenvalue weighted by molar-refractivity contribution is 0.0691. The number of carbonyl (C=O) groups excluding carboxylic acids is 1. The topological polar surface area (TPSA) is 79.3 Å². The molecule has 20 heavy (non-hydrogen) atoms. The monoisotopic (exact) mass is 270 g/mol. The fourth-order valence-electron chi connectivity index (χ4n) is 2.01. The Morgan fingerprint density at radius 2 is 1.55 bits per heavy atom. The lowest BCUT2D eigenvalue weighted by Crippen LogP contribution is -2.19. The van der Waals surface area contributed by atoms with E-state index in [4.69, 9.17) is 0 Å². The number of carboxylic acids is 1. The van der Waals surface area contributed by atoms with Crippen LogP contribution in [0, 0.1) is 13.8 Å². The Morgan fingerprint density at radius 1 is 1.00 bits per heavy atom. The molecule has 0 saturated heterocycles. The third-order valence-electron chi connectivity index (χ3n) is 3.00. The first-order valence-corrected chi connectivity index (χ1v) is 6.05. The number of amides is 1. The van der Waals surface area contributed by atoms with Crippen LogP contribution in [-0.2, 0) is 0 Å². The van der Waals surface area contributed by atoms with E-state index in [1.165, 1.54) is 0 Å². The first-order valence-electron chi connectivity index (χ1n) is 6.05. The highest BCUT2D eigenvalue weighted by Crippen LogP contribution is 2.20. The summed E-state index contributed by atoms with van der Waals surface area (Å²) in [6, 6.07) is 6.72. The van der Waals surface area contributed by atoms with Gasteiger partial charge in [-0.05, 0) is 37.1 Å². The molecular weight excluding hydrogens is 256 g/mol. The largest absolute Gasteiger partial charge is 0.478 e. The number of aromatic carboxylic acids is 1. The van der Waals surface area contributed by atoms with E-state index in [2.05, 4.69) is 10.3 Å². The molecule has 0 atom stereocenters. The molecule has 0 aliphatic carbocycles. The van der Waals surface area contributed by atoms with Crippen molar-refractivity contribution in [2.24, 2.45) is 0 Å². The van der Waals surface area contributed by atoms with Crippen LogP contribution in [0.2, 0.25) is 0 Å². The number of carboxylic acid groups (broad SMARTS) is 1. The molecule has 1 heterocycles. The van der Waals surface area contributed by atoms with Crippen LogP contribution in [-0.4, -0.2) is 22.0 Å². The molecule has 2 rings (SSSR count). The Balaban J connectivity index is 2.44. The minimum absolute atomic E-state index is 0.0385. The molecule has 0 spiro atoms. The number of rotatable bonds is 3. The molecule has 0 radical (unpaired) electrons. The van der Waals surface area contributed by atoms with Gasteiger partial charge in [-0.3, -0.25) is 9.78 Å². The molecule has 0 aliphatic heterocycles. The van der Waals surface area contributed by atoms with E-state index in [1.807, 2.05) is 0 Å². The molecule has 2 N–H and O–H groups in total. The zero-order valence-electron chi connectivity index (χ0n) is 11.2. The minimum atomic E-state index is -1.11. The van der Waals surface area contributed by atoms with E-state index >= 15 is 0 Å². The van der Waals surface area contributed by atoms with Crippen molar-refractivity contribution < 1.29 is 14.7 Å². The van der Waals surface area contributed by atoms with Gasteiger partial charge in [-0.2, -0.15) is 0 Å². The van der Waals surface area contributed by atoms with E-state index in [0.29, 0.717) is 16.8 Å². The first-order chi connectivity index (χ1) is 9.50. The Hall–Kier alpha value is -2.69. The van der Waals surface area contributed by atoms with Crippen molar-refractivity contribution in [3.8, 4) is 0 Å². The van der Waals surface area contributed by atoms with Crippen LogP contribution in [0.1, 0.15) is 31.8 Å². The van der Waals surface area contributed by atoms with Crippen LogP contribution in [0.25, 0.3) is 0 Å². The molecule has 5 heteroatoms. The fraction of sp³-hybridized carbons (Fsp3) is 0.133. The van der Waals surface area contributed by atoms with Gasteiger partial charge in [0.05, 0.1) is 11.1 Å². The highest BCUT2D eigenvalue weighted by molar-refractivity contribution is 6.12. The Bertz CT molecular complexity index is 666. The Labute approximate surface area is 116 Å². The lowest BCUT2D eigenvalue weighted by atomic mass is 9.96. The normalized spacial score (nSPS) is 10.1. The van der Waals surface area contributed by atoms with Gasteiger partial charge in [0.15, 0.2) is 0 Å². The zero-order chi connectivity index (χ0) is 14.7. The summed E-state index contributed by atoms with van der Waals surface area (Å²) in [4.78, 5) is 27.5. The molecule has 0 aliphatic rings. The van der Waals surface area contributed by atoms with Crippen molar-refractivity contribution in [1.82, 2.24) is 4.98 Å². The van der Waals surface area contributed by atoms with Gasteiger partial charge in [-0.1, -0.05) is 12.1 Å². The summed E-state index contributed by atoms with van der Waals surface area (Å²) in [6.45, 7) is 3.39. The summed E-state index contributed by atoms with van der Waals surface area (Å²) in [7, 11) is 0. The molecule has 0 fully saturated rings. The Kier molecular flexibility index (Phi) is 3.79. The van der Waals surface area contributed by atoms with Gasteiger partial charge >= 0.3 is 5.97 Å². The molecule has 1 amide bonds. The Morgan fingerprint density at radius 3 is 2.10 bits per heavy atom. The number of benzene rings is 1. The average Bonchev–Trinajstić information content (AvgIpc) is 2.41. The highest BCUT2D eigenvalue weighted by atomic mass is 16.4. The molecular formula is C15H14N2O3. The SMILES string of the molecule is Cc1ccc(C)c(C(=O)Nc2ccncc2)c1C(=O)O. The molecule has 1 aromatic heterocycles. The molecule has 2 aromatic rings. The number of hydrogen-bond acceptors (Lipinski definition) is 3. The number of hydrogen-bond donors (Lipinski definition) is 2. The van der Waals surface area contributed by atoms with Gasteiger partial charge < -0.3 is 10.4 Å². The summed E-state index contributed by atoms with van der Waals surface area (Å²) in [5, 5.41) is 12.0. The quantitative estimate of drug-likeness (QED) is 0.898. The van der Waals surface area contributed by atoms with Crippen LogP contribution in [0.15, 0.2) is 36.7 Å². The van der Waals surface area contributed by atoms with Crippen molar-refractivity contribution in [2.45, 2.75) is 13.8 Å². The third-order valence-corrected chi connectivity index (χ3v) is 3.00. The maximum Gasteiger partial charge on any atom is 0.336 e. The number of anilines is 1. The van der Waals surface area contributed by atoms with E-state index in [9.17, 15) is 14.7 Å². The smallest absolute Gasteiger partial charge is 0.336 e. The zero-order valence-corrected chi connectivity index (χ0v) is 11.2. The molecule has 0 saturated carbocycles. The van der Waals surface area contributed by atoms with Gasteiger partial charge in [0.25, 0.3) is 5.91 Å². The van der Waals surface area contributed by atoms with E-state index < -0.39 is 11.9 Å². The van der Waals surface area contributed by atoms with E-state index in [1.54, 1.807) is 50.5 Å². The summed E-state index contributed by atoms with van der Waals surface area (Å²) in [6.07, 6.45) is 3.10. The van der Waals surface area contributed by atoms with E-state index in [-0.39, 0.29) is 11.1 Å². The maximum absolute atomic E-state index is 12.3. The van der Waals surface area contributed by atoms with Crippen LogP contribution >= 0.6 is 0 Å². The van der Waals surface area contributed by atoms with Gasteiger partial charge in [0.1, 0.15) is 0 Å². The van der Waals surface area contributed by atoms with Gasteiger partial charge in [0, 0.05) is 18.1 Å². The number of nitrogens with one attached hydrogen (secondary N) is 1. The van der Waals surface area contributed by atoms with Crippen LogP contribution in [0.4, 0.5) is 5.69 Å². The number of aryl methyl sites for hydroxylation is 2. The molecule has 5 nitrogen and oxygen atoms in total. The highest BCUT2D eigenvalue weighted by Gasteiger charge is 2.21. The van der Waals surface area contributed by atoms with E-state index in [0.717, 1.165) is 0 Å². The second-order valence-electron chi connectivity index (χ2n) is 4.44. The van der Waals surface area contributed by atoms with Gasteiger partial charge in [0.2, 0.25) is 0 Å². The maximum atomic E-state index is 12.3. The van der Waals surface area contributed by atoms with Crippen molar-refractivity contribution in [2.75, 3.05) is 5.32 Å². The average molecular weight is 270 g/mol. The van der Waals surface area contributed by atoms with Crippen LogP contribution < -0.4 is 5.32 Å². The second-order valence-corrected chi connectivity index (χ2v) is 4.44. The van der Waals surface area contributed by atoms with Crippen molar-refractivity contribution in [3.63, 3.8) is 0 Å². The minimum Gasteiger partial charge on any atom is -0.478 e. The molecule has 102 valence electrons. The third kappa shape index (κ3) is 2.66. The first kappa shape index (κ1) is 13.7. The standard InChI is InChI=1S/C15H14N2O3/c1-9-3-4-10(2)13(15(19)20)12(9)14(18)17-11-5-7-16-8-6-11/h3-8H,1-2H3,(H,19,20)(H,16,17,18).